The van der Waals surface area contributed by atoms with Crippen LogP contribution in [0.1, 0.15) is 6.92 Å². The van der Waals surface area contributed by atoms with E-state index in [0.29, 0.717) is 10.8 Å². The first-order valence-corrected chi connectivity index (χ1v) is 12.1. The fourth-order valence-electron chi connectivity index (χ4n) is 2.78. The molecule has 2 aromatic carbocycles. The number of amides is 1. The van der Waals surface area contributed by atoms with Crippen molar-refractivity contribution in [1.82, 2.24) is 25.2 Å². The number of rotatable bonds is 8. The predicted molar refractivity (Wildman–Crippen MR) is 125 cm³/mol. The number of pyridine rings is 1. The monoisotopic (exact) mass is 481 g/mol. The Morgan fingerprint density at radius 2 is 1.73 bits per heavy atom. The van der Waals surface area contributed by atoms with E-state index in [-0.39, 0.29) is 16.6 Å². The quantitative estimate of drug-likeness (QED) is 0.367. The molecule has 0 aliphatic heterocycles. The van der Waals surface area contributed by atoms with Gasteiger partial charge in [0.1, 0.15) is 5.82 Å². The number of thioether (sulfide) groups is 1. The molecule has 1 atom stereocenters. The summed E-state index contributed by atoms with van der Waals surface area (Å²) < 4.78 is 29.0. The van der Waals surface area contributed by atoms with Crippen molar-refractivity contribution in [2.45, 2.75) is 22.2 Å². The van der Waals surface area contributed by atoms with Gasteiger partial charge in [0.2, 0.25) is 11.1 Å². The second kappa shape index (κ2) is 9.79. The average Bonchev–Trinajstić information content (AvgIpc) is 3.28. The van der Waals surface area contributed by atoms with Crippen LogP contribution in [0.4, 0.5) is 11.5 Å². The predicted octanol–water partition coefficient (Wildman–Crippen LogP) is 2.98. The molecular weight excluding hydrogens is 462 g/mol. The summed E-state index contributed by atoms with van der Waals surface area (Å²) in [6.07, 6.45) is 1.49. The van der Waals surface area contributed by atoms with Crippen molar-refractivity contribution in [1.29, 1.82) is 0 Å². The van der Waals surface area contributed by atoms with E-state index in [1.54, 1.807) is 29.8 Å². The van der Waals surface area contributed by atoms with E-state index in [1.807, 2.05) is 30.3 Å². The maximum Gasteiger partial charge on any atom is 0.263 e. The number of anilines is 2. The van der Waals surface area contributed by atoms with Gasteiger partial charge in [0, 0.05) is 11.9 Å². The fourth-order valence-corrected chi connectivity index (χ4v) is 4.59. The van der Waals surface area contributed by atoms with Gasteiger partial charge in [-0.15, -0.1) is 5.10 Å². The summed E-state index contributed by atoms with van der Waals surface area (Å²) in [6.45, 7) is 1.74. The van der Waals surface area contributed by atoms with Crippen LogP contribution in [-0.2, 0) is 14.8 Å². The Balaban J connectivity index is 1.39. The first-order valence-electron chi connectivity index (χ1n) is 9.77. The minimum atomic E-state index is -3.79. The van der Waals surface area contributed by atoms with Gasteiger partial charge in [-0.1, -0.05) is 36.0 Å². The molecule has 0 aliphatic carbocycles. The van der Waals surface area contributed by atoms with Gasteiger partial charge in [0.15, 0.2) is 0 Å². The Bertz CT molecular complexity index is 1330. The van der Waals surface area contributed by atoms with Crippen LogP contribution in [-0.4, -0.2) is 44.8 Å². The van der Waals surface area contributed by atoms with Gasteiger partial charge in [-0.25, -0.2) is 13.4 Å². The van der Waals surface area contributed by atoms with E-state index in [9.17, 15) is 13.2 Å². The zero-order chi connectivity index (χ0) is 23.3. The van der Waals surface area contributed by atoms with Crippen LogP contribution in [0.3, 0.4) is 0 Å². The number of nitrogens with zero attached hydrogens (tertiary/aromatic N) is 5. The van der Waals surface area contributed by atoms with Crippen LogP contribution in [0.2, 0.25) is 0 Å². The second-order valence-corrected chi connectivity index (χ2v) is 9.79. The van der Waals surface area contributed by atoms with Gasteiger partial charge in [-0.3, -0.25) is 9.52 Å². The third-order valence-corrected chi connectivity index (χ3v) is 6.83. The Labute approximate surface area is 194 Å². The number of tetrazole rings is 1. The van der Waals surface area contributed by atoms with Crippen LogP contribution >= 0.6 is 11.8 Å². The molecule has 33 heavy (non-hydrogen) atoms. The average molecular weight is 482 g/mol. The molecule has 0 saturated carbocycles. The highest BCUT2D eigenvalue weighted by molar-refractivity contribution is 8.00. The minimum absolute atomic E-state index is 0.0515. The van der Waals surface area contributed by atoms with Gasteiger partial charge < -0.3 is 5.32 Å². The number of nitrogens with one attached hydrogen (secondary N) is 2. The molecule has 12 heteroatoms. The molecule has 1 amide bonds. The standard InChI is InChI=1S/C21H19N7O3S2/c1-15(32-21-24-26-27-28(21)17-7-3-2-4-8-17)20(29)23-16-10-12-18(13-11-16)33(30,31)25-19-9-5-6-14-22-19/h2-15H,1H3,(H,22,25)(H,23,29). The molecule has 4 aromatic rings. The molecule has 0 fully saturated rings. The Kier molecular flexibility index (Phi) is 6.66. The summed E-state index contributed by atoms with van der Waals surface area (Å²) in [6, 6.07) is 20.2. The summed E-state index contributed by atoms with van der Waals surface area (Å²) in [5, 5.41) is 14.4. The number of sulfonamides is 1. The second-order valence-electron chi connectivity index (χ2n) is 6.80. The topological polar surface area (TPSA) is 132 Å². The van der Waals surface area contributed by atoms with Gasteiger partial charge in [-0.2, -0.15) is 4.68 Å². The van der Waals surface area contributed by atoms with Crippen LogP contribution in [0.25, 0.3) is 5.69 Å². The zero-order valence-corrected chi connectivity index (χ0v) is 19.0. The number of hydrogen-bond donors (Lipinski definition) is 2. The zero-order valence-electron chi connectivity index (χ0n) is 17.4. The molecule has 1 unspecified atom stereocenters. The molecule has 168 valence electrons. The Hall–Kier alpha value is -3.77. The van der Waals surface area contributed by atoms with Crippen LogP contribution in [0, 0.1) is 0 Å². The molecular formula is C21H19N7O3S2. The lowest BCUT2D eigenvalue weighted by Gasteiger charge is -2.12. The largest absolute Gasteiger partial charge is 0.325 e. The number of carbonyl (C=O) groups excluding carboxylic acids is 1. The van der Waals surface area contributed by atoms with Crippen LogP contribution < -0.4 is 10.0 Å². The lowest BCUT2D eigenvalue weighted by atomic mass is 10.3. The highest BCUT2D eigenvalue weighted by Crippen LogP contribution is 2.24. The smallest absolute Gasteiger partial charge is 0.263 e. The highest BCUT2D eigenvalue weighted by Gasteiger charge is 2.20. The maximum absolute atomic E-state index is 12.7. The van der Waals surface area contributed by atoms with Crippen molar-refractivity contribution in [2.24, 2.45) is 0 Å². The van der Waals surface area contributed by atoms with E-state index in [2.05, 4.69) is 30.5 Å². The maximum atomic E-state index is 12.7. The normalized spacial score (nSPS) is 12.2. The molecule has 0 spiro atoms. The van der Waals surface area contributed by atoms with Crippen LogP contribution in [0.15, 0.2) is 89.0 Å². The van der Waals surface area contributed by atoms with Crippen molar-refractivity contribution in [3.8, 4) is 5.69 Å². The number of hydrogen-bond acceptors (Lipinski definition) is 8. The summed E-state index contributed by atoms with van der Waals surface area (Å²) in [5.74, 6) is -0.0524. The van der Waals surface area contributed by atoms with E-state index >= 15 is 0 Å². The van der Waals surface area contributed by atoms with Crippen molar-refractivity contribution in [3.63, 3.8) is 0 Å². The summed E-state index contributed by atoms with van der Waals surface area (Å²) in [7, 11) is -3.79. The number of aromatic nitrogens is 5. The third kappa shape index (κ3) is 5.54. The van der Waals surface area contributed by atoms with E-state index < -0.39 is 15.3 Å². The van der Waals surface area contributed by atoms with Crippen molar-refractivity contribution in [3.05, 3.63) is 79.0 Å². The molecule has 0 radical (unpaired) electrons. The lowest BCUT2D eigenvalue weighted by Crippen LogP contribution is -2.23. The summed E-state index contributed by atoms with van der Waals surface area (Å²) in [4.78, 5) is 16.7. The van der Waals surface area contributed by atoms with Crippen molar-refractivity contribution >= 4 is 39.2 Å². The van der Waals surface area contributed by atoms with Gasteiger partial charge in [0.05, 0.1) is 15.8 Å². The Morgan fingerprint density at radius 1 is 1.00 bits per heavy atom. The number of carbonyl (C=O) groups is 1. The van der Waals surface area contributed by atoms with E-state index in [1.165, 1.54) is 42.2 Å². The first-order chi connectivity index (χ1) is 15.9. The molecule has 10 nitrogen and oxygen atoms in total. The molecule has 2 aromatic heterocycles. The van der Waals surface area contributed by atoms with Gasteiger partial charge in [0.25, 0.3) is 10.0 Å². The molecule has 2 heterocycles. The highest BCUT2D eigenvalue weighted by atomic mass is 32.2. The number of para-hydroxylation sites is 1. The van der Waals surface area contributed by atoms with Gasteiger partial charge in [-0.05, 0) is 65.9 Å². The Morgan fingerprint density at radius 3 is 2.42 bits per heavy atom. The number of benzene rings is 2. The lowest BCUT2D eigenvalue weighted by molar-refractivity contribution is -0.115. The molecule has 0 saturated heterocycles. The molecule has 4 rings (SSSR count). The van der Waals surface area contributed by atoms with Crippen molar-refractivity contribution < 1.29 is 13.2 Å². The fraction of sp³-hybridized carbons (Fsp3) is 0.0952. The summed E-state index contributed by atoms with van der Waals surface area (Å²) >= 11 is 1.21. The minimum Gasteiger partial charge on any atom is -0.325 e. The summed E-state index contributed by atoms with van der Waals surface area (Å²) in [5.41, 5.74) is 1.25. The molecule has 0 aliphatic rings. The third-order valence-electron chi connectivity index (χ3n) is 4.43. The molecule has 2 N–H and O–H groups in total. The van der Waals surface area contributed by atoms with Crippen LogP contribution in [0.5, 0.6) is 0 Å². The van der Waals surface area contributed by atoms with E-state index in [0.717, 1.165) is 5.69 Å². The van der Waals surface area contributed by atoms with Gasteiger partial charge >= 0.3 is 0 Å². The van der Waals surface area contributed by atoms with Crippen molar-refractivity contribution in [2.75, 3.05) is 10.0 Å². The first kappa shape index (κ1) is 22.4. The van der Waals surface area contributed by atoms with E-state index in [4.69, 9.17) is 0 Å². The SMILES string of the molecule is CC(Sc1nnnn1-c1ccccc1)C(=O)Nc1ccc(S(=O)(=O)Nc2ccccn2)cc1. The molecule has 0 bridgehead atoms.